The third-order valence-electron chi connectivity index (χ3n) is 3.05. The minimum Gasteiger partial charge on any atom is -0.324 e. The van der Waals surface area contributed by atoms with Crippen molar-refractivity contribution in [2.24, 2.45) is 5.73 Å². The fourth-order valence-electron chi connectivity index (χ4n) is 2.02. The van der Waals surface area contributed by atoms with Crippen molar-refractivity contribution < 1.29 is 0 Å². The smallest absolute Gasteiger partial charge is 0.0301 e. The molecule has 1 atom stereocenters. The lowest BCUT2D eigenvalue weighted by Crippen LogP contribution is -2.12. The van der Waals surface area contributed by atoms with E-state index in [1.807, 2.05) is 24.5 Å². The van der Waals surface area contributed by atoms with Gasteiger partial charge in [0.2, 0.25) is 0 Å². The standard InChI is InChI=1S/C15H18N2/c1-12-11-17-10-9-14(12)15(16)8-7-13-5-3-2-4-6-13/h2-6,9-11,15H,7-8,16H2,1H3. The van der Waals surface area contributed by atoms with Crippen molar-refractivity contribution in [3.8, 4) is 0 Å². The van der Waals surface area contributed by atoms with Crippen LogP contribution >= 0.6 is 0 Å². The van der Waals surface area contributed by atoms with E-state index in [2.05, 4.69) is 36.2 Å². The predicted molar refractivity (Wildman–Crippen MR) is 70.7 cm³/mol. The summed E-state index contributed by atoms with van der Waals surface area (Å²) >= 11 is 0. The van der Waals surface area contributed by atoms with E-state index in [1.54, 1.807) is 0 Å². The van der Waals surface area contributed by atoms with Crippen LogP contribution in [-0.4, -0.2) is 4.98 Å². The average Bonchev–Trinajstić information content (AvgIpc) is 2.38. The molecule has 0 radical (unpaired) electrons. The molecule has 1 unspecified atom stereocenters. The van der Waals surface area contributed by atoms with Crippen LogP contribution in [0, 0.1) is 6.92 Å². The van der Waals surface area contributed by atoms with Crippen LogP contribution in [0.1, 0.15) is 29.2 Å². The highest BCUT2D eigenvalue weighted by Gasteiger charge is 2.08. The van der Waals surface area contributed by atoms with Crippen molar-refractivity contribution in [1.29, 1.82) is 0 Å². The molecule has 2 nitrogen and oxygen atoms in total. The molecule has 1 aromatic carbocycles. The molecular weight excluding hydrogens is 208 g/mol. The number of aryl methyl sites for hydroxylation is 2. The zero-order chi connectivity index (χ0) is 12.1. The van der Waals surface area contributed by atoms with Crippen molar-refractivity contribution in [1.82, 2.24) is 4.98 Å². The van der Waals surface area contributed by atoms with E-state index in [1.165, 1.54) is 16.7 Å². The summed E-state index contributed by atoms with van der Waals surface area (Å²) in [5.74, 6) is 0. The number of aromatic nitrogens is 1. The van der Waals surface area contributed by atoms with Crippen LogP contribution in [0.4, 0.5) is 0 Å². The van der Waals surface area contributed by atoms with Crippen LogP contribution in [0.15, 0.2) is 48.8 Å². The maximum Gasteiger partial charge on any atom is 0.0301 e. The summed E-state index contributed by atoms with van der Waals surface area (Å²) in [5.41, 5.74) is 9.94. The molecule has 0 spiro atoms. The Balaban J connectivity index is 1.99. The fourth-order valence-corrected chi connectivity index (χ4v) is 2.02. The number of pyridine rings is 1. The van der Waals surface area contributed by atoms with Crippen LogP contribution in [0.5, 0.6) is 0 Å². The number of nitrogens with two attached hydrogens (primary N) is 1. The average molecular weight is 226 g/mol. The normalized spacial score (nSPS) is 12.4. The lowest BCUT2D eigenvalue weighted by atomic mass is 9.98. The second-order valence-corrected chi connectivity index (χ2v) is 4.36. The molecule has 2 aromatic rings. The van der Waals surface area contributed by atoms with Gasteiger partial charge in [0.05, 0.1) is 0 Å². The van der Waals surface area contributed by atoms with Crippen LogP contribution in [0.2, 0.25) is 0 Å². The summed E-state index contributed by atoms with van der Waals surface area (Å²) in [6.07, 6.45) is 5.67. The molecule has 0 amide bonds. The summed E-state index contributed by atoms with van der Waals surface area (Å²) in [6.45, 7) is 2.06. The monoisotopic (exact) mass is 226 g/mol. The molecule has 0 aliphatic heterocycles. The first-order valence-corrected chi connectivity index (χ1v) is 5.97. The summed E-state index contributed by atoms with van der Waals surface area (Å²) in [4.78, 5) is 4.09. The summed E-state index contributed by atoms with van der Waals surface area (Å²) in [7, 11) is 0. The van der Waals surface area contributed by atoms with E-state index in [-0.39, 0.29) is 6.04 Å². The first-order chi connectivity index (χ1) is 8.27. The third-order valence-corrected chi connectivity index (χ3v) is 3.05. The van der Waals surface area contributed by atoms with Gasteiger partial charge < -0.3 is 5.73 Å². The van der Waals surface area contributed by atoms with E-state index >= 15 is 0 Å². The van der Waals surface area contributed by atoms with Crippen molar-refractivity contribution in [3.63, 3.8) is 0 Å². The molecule has 88 valence electrons. The largest absolute Gasteiger partial charge is 0.324 e. The Morgan fingerprint density at radius 2 is 1.94 bits per heavy atom. The number of rotatable bonds is 4. The van der Waals surface area contributed by atoms with Gasteiger partial charge in [-0.2, -0.15) is 0 Å². The van der Waals surface area contributed by atoms with Gasteiger partial charge in [0.25, 0.3) is 0 Å². The summed E-state index contributed by atoms with van der Waals surface area (Å²) < 4.78 is 0. The SMILES string of the molecule is Cc1cnccc1C(N)CCc1ccccc1. The van der Waals surface area contributed by atoms with Crippen molar-refractivity contribution >= 4 is 0 Å². The molecular formula is C15H18N2. The van der Waals surface area contributed by atoms with Gasteiger partial charge in [-0.25, -0.2) is 0 Å². The second kappa shape index (κ2) is 5.60. The Kier molecular flexibility index (Phi) is 3.89. The molecule has 0 saturated heterocycles. The molecule has 0 aliphatic rings. The summed E-state index contributed by atoms with van der Waals surface area (Å²) in [5, 5.41) is 0. The highest BCUT2D eigenvalue weighted by Crippen LogP contribution is 2.19. The number of hydrogen-bond acceptors (Lipinski definition) is 2. The van der Waals surface area contributed by atoms with Gasteiger partial charge in [0.15, 0.2) is 0 Å². The quantitative estimate of drug-likeness (QED) is 0.870. The Bertz CT molecular complexity index is 465. The molecule has 1 heterocycles. The van der Waals surface area contributed by atoms with Gasteiger partial charge in [-0.1, -0.05) is 30.3 Å². The van der Waals surface area contributed by atoms with Gasteiger partial charge in [0, 0.05) is 18.4 Å². The lowest BCUT2D eigenvalue weighted by Gasteiger charge is -2.14. The molecule has 1 aromatic heterocycles. The zero-order valence-corrected chi connectivity index (χ0v) is 10.1. The second-order valence-electron chi connectivity index (χ2n) is 4.36. The zero-order valence-electron chi connectivity index (χ0n) is 10.1. The predicted octanol–water partition coefficient (Wildman–Crippen LogP) is 3.02. The third kappa shape index (κ3) is 3.14. The topological polar surface area (TPSA) is 38.9 Å². The lowest BCUT2D eigenvalue weighted by molar-refractivity contribution is 0.647. The maximum absolute atomic E-state index is 6.22. The Morgan fingerprint density at radius 3 is 2.65 bits per heavy atom. The van der Waals surface area contributed by atoms with E-state index in [4.69, 9.17) is 5.73 Å². The van der Waals surface area contributed by atoms with Crippen LogP contribution < -0.4 is 5.73 Å². The molecule has 2 heteroatoms. The first kappa shape index (κ1) is 11.8. The van der Waals surface area contributed by atoms with Gasteiger partial charge in [-0.3, -0.25) is 4.98 Å². The molecule has 17 heavy (non-hydrogen) atoms. The molecule has 2 rings (SSSR count). The van der Waals surface area contributed by atoms with Crippen molar-refractivity contribution in [2.75, 3.05) is 0 Å². The van der Waals surface area contributed by atoms with E-state index in [0.717, 1.165) is 12.8 Å². The molecule has 2 N–H and O–H groups in total. The van der Waals surface area contributed by atoms with Crippen LogP contribution in [-0.2, 0) is 6.42 Å². The maximum atomic E-state index is 6.22. The number of benzene rings is 1. The van der Waals surface area contributed by atoms with E-state index in [0.29, 0.717) is 0 Å². The molecule has 0 saturated carbocycles. The van der Waals surface area contributed by atoms with Crippen molar-refractivity contribution in [2.45, 2.75) is 25.8 Å². The van der Waals surface area contributed by atoms with Crippen molar-refractivity contribution in [3.05, 3.63) is 65.5 Å². The summed E-state index contributed by atoms with van der Waals surface area (Å²) in [6, 6.07) is 12.6. The van der Waals surface area contributed by atoms with E-state index < -0.39 is 0 Å². The van der Waals surface area contributed by atoms with Gasteiger partial charge in [0.1, 0.15) is 0 Å². The van der Waals surface area contributed by atoms with Gasteiger partial charge >= 0.3 is 0 Å². The fraction of sp³-hybridized carbons (Fsp3) is 0.267. The van der Waals surface area contributed by atoms with E-state index in [9.17, 15) is 0 Å². The Hall–Kier alpha value is -1.67. The van der Waals surface area contributed by atoms with Gasteiger partial charge in [-0.15, -0.1) is 0 Å². The van der Waals surface area contributed by atoms with Gasteiger partial charge in [-0.05, 0) is 42.5 Å². The van der Waals surface area contributed by atoms with Crippen LogP contribution in [0.25, 0.3) is 0 Å². The number of hydrogen-bond donors (Lipinski definition) is 1. The Labute approximate surface area is 103 Å². The molecule has 0 aliphatic carbocycles. The van der Waals surface area contributed by atoms with Crippen LogP contribution in [0.3, 0.4) is 0 Å². The first-order valence-electron chi connectivity index (χ1n) is 5.97. The Morgan fingerprint density at radius 1 is 1.18 bits per heavy atom. The number of nitrogens with zero attached hydrogens (tertiary/aromatic N) is 1. The highest BCUT2D eigenvalue weighted by atomic mass is 14.7. The molecule has 0 fully saturated rings. The highest BCUT2D eigenvalue weighted by molar-refractivity contribution is 5.25. The molecule has 0 bridgehead atoms. The minimum atomic E-state index is 0.0956. The minimum absolute atomic E-state index is 0.0956.